The average Bonchev–Trinajstić information content (AvgIpc) is 2.55. The van der Waals surface area contributed by atoms with Gasteiger partial charge in [-0.2, -0.15) is 0 Å². The summed E-state index contributed by atoms with van der Waals surface area (Å²) in [4.78, 5) is 23.8. The number of Topliss-reactive ketones (excluding diaryl/α,β-unsaturated/α-hetero) is 1. The third-order valence-electron chi connectivity index (χ3n) is 3.83. The van der Waals surface area contributed by atoms with Gasteiger partial charge in [-0.05, 0) is 5.56 Å². The van der Waals surface area contributed by atoms with Crippen LogP contribution in [0.1, 0.15) is 28.3 Å². The molecule has 0 fully saturated rings. The van der Waals surface area contributed by atoms with Gasteiger partial charge in [0.1, 0.15) is 0 Å². The Morgan fingerprint density at radius 1 is 0.955 bits per heavy atom. The molecule has 2 rings (SSSR count). The van der Waals surface area contributed by atoms with Crippen LogP contribution in [-0.4, -0.2) is 18.3 Å². The van der Waals surface area contributed by atoms with E-state index in [1.165, 1.54) is 0 Å². The van der Waals surface area contributed by atoms with Crippen molar-refractivity contribution in [3.63, 3.8) is 0 Å². The Kier molecular flexibility index (Phi) is 5.44. The Morgan fingerprint density at radius 2 is 1.50 bits per heavy atom. The second-order valence-electron chi connectivity index (χ2n) is 5.22. The third-order valence-corrected chi connectivity index (χ3v) is 3.83. The molecule has 114 valence electrons. The minimum atomic E-state index is -1.16. The van der Waals surface area contributed by atoms with Crippen LogP contribution in [0, 0.1) is 5.92 Å². The summed E-state index contributed by atoms with van der Waals surface area (Å²) in [5, 5.41) is 11.4. The number of carbonyl (C=O) groups is 2. The summed E-state index contributed by atoms with van der Waals surface area (Å²) in [6.07, 6.45) is 0.127. The highest BCUT2D eigenvalue weighted by molar-refractivity contribution is 5.96. The molecule has 22 heavy (non-hydrogen) atoms. The van der Waals surface area contributed by atoms with Crippen LogP contribution in [0.25, 0.3) is 0 Å². The van der Waals surface area contributed by atoms with E-state index >= 15 is 0 Å². The molecule has 0 aliphatic carbocycles. The Morgan fingerprint density at radius 3 is 2.00 bits per heavy atom. The lowest BCUT2D eigenvalue weighted by atomic mass is 9.81. The van der Waals surface area contributed by atoms with E-state index in [1.54, 1.807) is 24.3 Å². The molecule has 0 amide bonds. The van der Waals surface area contributed by atoms with Crippen molar-refractivity contribution in [3.05, 3.63) is 71.8 Å². The molecule has 0 heterocycles. The predicted molar refractivity (Wildman–Crippen MR) is 80.8 cm³/mol. The van der Waals surface area contributed by atoms with Crippen LogP contribution >= 0.6 is 0 Å². The number of carbonyl (C=O) groups excluding carboxylic acids is 2. The summed E-state index contributed by atoms with van der Waals surface area (Å²) in [7, 11) is 0. The van der Waals surface area contributed by atoms with Gasteiger partial charge in [0.15, 0.2) is 5.78 Å². The molecule has 0 aliphatic rings. The number of carboxylic acids is 1. The van der Waals surface area contributed by atoms with Gasteiger partial charge in [0, 0.05) is 17.9 Å². The standard InChI is InChI=1S/C18H19NO3/c19-12-16(18(21)22)15(13-7-3-1-4-8-13)11-17(20)14-9-5-2-6-10-14/h1-10,15-16H,11-12,19H2,(H,21,22)/t15-,16+/m1/s1. The number of benzene rings is 2. The average molecular weight is 297 g/mol. The van der Waals surface area contributed by atoms with Gasteiger partial charge in [0.2, 0.25) is 0 Å². The van der Waals surface area contributed by atoms with Gasteiger partial charge in [0.25, 0.3) is 0 Å². The molecule has 0 aromatic heterocycles. The van der Waals surface area contributed by atoms with Crippen molar-refractivity contribution in [1.82, 2.24) is 0 Å². The molecule has 0 spiro atoms. The summed E-state index contributed by atoms with van der Waals surface area (Å²) in [6.45, 7) is 0.184. The third kappa shape index (κ3) is 3.80. The van der Waals surface area contributed by atoms with Crippen LogP contribution in [0.5, 0.6) is 0 Å². The molecule has 4 heteroatoms. The molecule has 0 aliphatic heterocycles. The van der Waals surface area contributed by atoms with Crippen molar-refractivity contribution in [2.24, 2.45) is 5.92 Å². The smallest absolute Gasteiger partial charge is 0.163 e. The molecule has 4 nitrogen and oxygen atoms in total. The number of carboxylic acid groups (broad SMARTS) is 1. The van der Waals surface area contributed by atoms with Crippen molar-refractivity contribution in [2.75, 3.05) is 6.54 Å². The van der Waals surface area contributed by atoms with Gasteiger partial charge >= 0.3 is 0 Å². The Hall–Kier alpha value is -2.46. The molecule has 0 bridgehead atoms. The fourth-order valence-electron chi connectivity index (χ4n) is 2.62. The summed E-state index contributed by atoms with van der Waals surface area (Å²) in [5.41, 5.74) is 5.11. The van der Waals surface area contributed by atoms with Gasteiger partial charge in [0.05, 0.1) is 18.4 Å². The largest absolute Gasteiger partial charge is 0.550 e. The molecule has 0 saturated carbocycles. The highest BCUT2D eigenvalue weighted by atomic mass is 16.4. The summed E-state index contributed by atoms with van der Waals surface area (Å²) >= 11 is 0. The second-order valence-corrected chi connectivity index (χ2v) is 5.22. The van der Waals surface area contributed by atoms with Crippen molar-refractivity contribution < 1.29 is 20.4 Å². The highest BCUT2D eigenvalue weighted by Crippen LogP contribution is 2.29. The first kappa shape index (κ1) is 15.9. The quantitative estimate of drug-likeness (QED) is 0.762. The van der Waals surface area contributed by atoms with Gasteiger partial charge in [-0.3, -0.25) is 4.79 Å². The van der Waals surface area contributed by atoms with Crippen molar-refractivity contribution in [1.29, 1.82) is 0 Å². The van der Waals surface area contributed by atoms with Crippen molar-refractivity contribution in [3.8, 4) is 0 Å². The zero-order valence-electron chi connectivity index (χ0n) is 12.3. The van der Waals surface area contributed by atoms with E-state index < -0.39 is 17.8 Å². The lowest BCUT2D eigenvalue weighted by Gasteiger charge is -2.25. The summed E-state index contributed by atoms with van der Waals surface area (Å²) < 4.78 is 0. The number of quaternary nitrogens is 1. The van der Waals surface area contributed by atoms with E-state index in [-0.39, 0.29) is 18.7 Å². The van der Waals surface area contributed by atoms with Crippen LogP contribution in [0.15, 0.2) is 60.7 Å². The van der Waals surface area contributed by atoms with Crippen molar-refractivity contribution >= 4 is 11.8 Å². The minimum absolute atomic E-state index is 0.0749. The Balaban J connectivity index is 2.29. The van der Waals surface area contributed by atoms with E-state index in [9.17, 15) is 14.7 Å². The van der Waals surface area contributed by atoms with Crippen LogP contribution < -0.4 is 10.8 Å². The highest BCUT2D eigenvalue weighted by Gasteiger charge is 2.27. The Bertz CT molecular complexity index is 625. The van der Waals surface area contributed by atoms with Gasteiger partial charge in [-0.15, -0.1) is 0 Å². The first-order chi connectivity index (χ1) is 10.6. The number of ketones is 1. The number of hydrogen-bond donors (Lipinski definition) is 1. The maximum atomic E-state index is 12.4. The first-order valence-electron chi connectivity index (χ1n) is 7.26. The maximum Gasteiger partial charge on any atom is 0.163 e. The maximum absolute atomic E-state index is 12.4. The van der Waals surface area contributed by atoms with Crippen LogP contribution in [0.2, 0.25) is 0 Å². The first-order valence-corrected chi connectivity index (χ1v) is 7.26. The molecule has 0 saturated heterocycles. The lowest BCUT2D eigenvalue weighted by molar-refractivity contribution is -0.388. The van der Waals surface area contributed by atoms with Gasteiger partial charge in [-0.25, -0.2) is 0 Å². The molecular formula is C18H19NO3. The van der Waals surface area contributed by atoms with E-state index in [0.717, 1.165) is 5.56 Å². The van der Waals surface area contributed by atoms with Crippen LogP contribution in [0.3, 0.4) is 0 Å². The molecule has 0 unspecified atom stereocenters. The van der Waals surface area contributed by atoms with E-state index in [1.807, 2.05) is 36.4 Å². The summed E-state index contributed by atoms with van der Waals surface area (Å²) in [6, 6.07) is 18.1. The number of aliphatic carboxylic acids is 1. The number of rotatable bonds is 7. The fourth-order valence-corrected chi connectivity index (χ4v) is 2.62. The van der Waals surface area contributed by atoms with Crippen LogP contribution in [0.4, 0.5) is 0 Å². The molecule has 2 aromatic rings. The van der Waals surface area contributed by atoms with Crippen LogP contribution in [-0.2, 0) is 4.79 Å². The SMILES string of the molecule is [NH3+]C[C@H](C(=O)[O-])[C@H](CC(=O)c1ccccc1)c1ccccc1. The van der Waals surface area contributed by atoms with E-state index in [0.29, 0.717) is 5.56 Å². The molecule has 0 radical (unpaired) electrons. The lowest BCUT2D eigenvalue weighted by Crippen LogP contribution is -2.58. The minimum Gasteiger partial charge on any atom is -0.550 e. The van der Waals surface area contributed by atoms with E-state index in [2.05, 4.69) is 5.73 Å². The zero-order chi connectivity index (χ0) is 15.9. The molecular weight excluding hydrogens is 278 g/mol. The Labute approximate surface area is 129 Å². The predicted octanol–water partition coefficient (Wildman–Crippen LogP) is 0.651. The molecule has 3 N–H and O–H groups in total. The normalized spacial score (nSPS) is 13.3. The second kappa shape index (κ2) is 7.52. The molecule has 2 aromatic carbocycles. The topological polar surface area (TPSA) is 84.8 Å². The van der Waals surface area contributed by atoms with Gasteiger partial charge < -0.3 is 15.6 Å². The van der Waals surface area contributed by atoms with E-state index in [4.69, 9.17) is 0 Å². The number of hydrogen-bond acceptors (Lipinski definition) is 3. The monoisotopic (exact) mass is 297 g/mol. The van der Waals surface area contributed by atoms with Gasteiger partial charge in [-0.1, -0.05) is 60.7 Å². The fraction of sp³-hybridized carbons (Fsp3) is 0.222. The molecule has 2 atom stereocenters. The van der Waals surface area contributed by atoms with Crippen molar-refractivity contribution in [2.45, 2.75) is 12.3 Å². The zero-order valence-corrected chi connectivity index (χ0v) is 12.3. The summed E-state index contributed by atoms with van der Waals surface area (Å²) in [5.74, 6) is -2.45.